The van der Waals surface area contributed by atoms with Crippen LogP contribution in [0.1, 0.15) is 25.7 Å². The Morgan fingerprint density at radius 3 is 2.18 bits per heavy atom. The zero-order valence-electron chi connectivity index (χ0n) is 16.4. The number of nitrogens with zero attached hydrogens (tertiary/aromatic N) is 4. The Morgan fingerprint density at radius 1 is 0.893 bits per heavy atom. The molecular weight excluding hydrogens is 392 g/mol. The largest absolute Gasteiger partial charge is 0.346 e. The van der Waals surface area contributed by atoms with Crippen molar-refractivity contribution in [3.63, 3.8) is 0 Å². The topological polar surface area (TPSA) is 56.8 Å². The van der Waals surface area contributed by atoms with Crippen molar-refractivity contribution in [1.29, 1.82) is 0 Å². The monoisotopic (exact) mass is 420 g/mol. The minimum atomic E-state index is -3.40. The van der Waals surface area contributed by atoms with Crippen LogP contribution in [0.5, 0.6) is 0 Å². The fourth-order valence-corrected chi connectivity index (χ4v) is 6.17. The molecule has 0 N–H and O–H groups in total. The molecule has 2 aliphatic rings. The number of hydrogen-bond donors (Lipinski definition) is 0. The summed E-state index contributed by atoms with van der Waals surface area (Å²) in [6.07, 6.45) is 4.13. The lowest BCUT2D eigenvalue weighted by atomic mass is 10.2. The summed E-state index contributed by atoms with van der Waals surface area (Å²) in [4.78, 5) is 9.83. The Morgan fingerprint density at radius 2 is 1.54 bits per heavy atom. The maximum absolute atomic E-state index is 12.9. The molecular formula is C20H28N4O2S2. The maximum Gasteiger partial charge on any atom is 0.243 e. The van der Waals surface area contributed by atoms with Crippen LogP contribution < -0.4 is 4.90 Å². The fourth-order valence-electron chi connectivity index (χ4n) is 3.77. The van der Waals surface area contributed by atoms with Crippen LogP contribution >= 0.6 is 11.3 Å². The van der Waals surface area contributed by atoms with Crippen LogP contribution in [0.4, 0.5) is 5.13 Å². The molecule has 3 heterocycles. The van der Waals surface area contributed by atoms with Gasteiger partial charge in [0, 0.05) is 50.2 Å². The van der Waals surface area contributed by atoms with Gasteiger partial charge in [0.05, 0.1) is 10.6 Å². The number of piperazine rings is 1. The molecule has 0 radical (unpaired) electrons. The lowest BCUT2D eigenvalue weighted by molar-refractivity contribution is 0.313. The normalized spacial score (nSPS) is 20.2. The van der Waals surface area contributed by atoms with E-state index < -0.39 is 10.0 Å². The zero-order chi connectivity index (χ0) is 19.6. The van der Waals surface area contributed by atoms with Crippen molar-refractivity contribution in [2.24, 2.45) is 0 Å². The van der Waals surface area contributed by atoms with Gasteiger partial charge in [-0.1, -0.05) is 25.0 Å². The molecule has 28 heavy (non-hydrogen) atoms. The third kappa shape index (κ3) is 4.25. The maximum atomic E-state index is 12.9. The third-order valence-electron chi connectivity index (χ3n) is 5.62. The van der Waals surface area contributed by atoms with Crippen LogP contribution in [0.15, 0.2) is 34.5 Å². The number of rotatable bonds is 4. The van der Waals surface area contributed by atoms with E-state index in [1.165, 1.54) is 0 Å². The number of likely N-dealkylation sites (N-methyl/N-ethyl adjacent to an activating group) is 1. The second kappa shape index (κ2) is 8.49. The third-order valence-corrected chi connectivity index (χ3v) is 8.43. The quantitative estimate of drug-likeness (QED) is 0.761. The van der Waals surface area contributed by atoms with E-state index in [0.29, 0.717) is 18.0 Å². The Labute approximate surface area is 171 Å². The lowest BCUT2D eigenvalue weighted by Gasteiger charge is -2.32. The number of hydrogen-bond acceptors (Lipinski definition) is 6. The molecule has 0 spiro atoms. The van der Waals surface area contributed by atoms with Crippen molar-refractivity contribution >= 4 is 26.5 Å². The van der Waals surface area contributed by atoms with Crippen LogP contribution in [0, 0.1) is 0 Å². The van der Waals surface area contributed by atoms with Gasteiger partial charge in [-0.2, -0.15) is 4.31 Å². The van der Waals surface area contributed by atoms with Gasteiger partial charge in [0.2, 0.25) is 10.0 Å². The molecule has 2 saturated heterocycles. The Kier molecular flexibility index (Phi) is 6.01. The highest BCUT2D eigenvalue weighted by Crippen LogP contribution is 2.29. The summed E-state index contributed by atoms with van der Waals surface area (Å²) < 4.78 is 27.5. The van der Waals surface area contributed by atoms with Gasteiger partial charge in [0.25, 0.3) is 0 Å². The number of sulfonamides is 1. The van der Waals surface area contributed by atoms with Gasteiger partial charge in [0.15, 0.2) is 5.13 Å². The van der Waals surface area contributed by atoms with Crippen LogP contribution in [0.3, 0.4) is 0 Å². The molecule has 2 aromatic rings. The van der Waals surface area contributed by atoms with Crippen molar-refractivity contribution in [2.75, 3.05) is 51.2 Å². The van der Waals surface area contributed by atoms with E-state index in [1.807, 2.05) is 12.1 Å². The number of anilines is 1. The average molecular weight is 421 g/mol. The van der Waals surface area contributed by atoms with Crippen LogP contribution in [0.2, 0.25) is 0 Å². The van der Waals surface area contributed by atoms with Gasteiger partial charge >= 0.3 is 0 Å². The van der Waals surface area contributed by atoms with E-state index in [4.69, 9.17) is 4.98 Å². The van der Waals surface area contributed by atoms with Crippen LogP contribution in [-0.2, 0) is 10.0 Å². The highest BCUT2D eigenvalue weighted by Gasteiger charge is 2.25. The predicted octanol–water partition coefficient (Wildman–Crippen LogP) is 3.13. The second-order valence-corrected chi connectivity index (χ2v) is 10.4. The SMILES string of the molecule is CN1CCN(c2nc(-c3ccc(S(=O)(=O)N4CCCCCC4)cc3)cs2)CC1. The molecule has 0 unspecified atom stereocenters. The summed E-state index contributed by atoms with van der Waals surface area (Å²) in [6, 6.07) is 7.22. The van der Waals surface area contributed by atoms with Crippen molar-refractivity contribution in [1.82, 2.24) is 14.2 Å². The molecule has 1 aromatic carbocycles. The number of thiazole rings is 1. The van der Waals surface area contributed by atoms with Crippen LogP contribution in [-0.4, -0.2) is 68.9 Å². The highest BCUT2D eigenvalue weighted by molar-refractivity contribution is 7.89. The van der Waals surface area contributed by atoms with Gasteiger partial charge < -0.3 is 9.80 Å². The van der Waals surface area contributed by atoms with Gasteiger partial charge in [-0.15, -0.1) is 11.3 Å². The average Bonchev–Trinajstić information content (AvgIpc) is 3.03. The molecule has 152 valence electrons. The van der Waals surface area contributed by atoms with E-state index in [0.717, 1.165) is 68.3 Å². The Balaban J connectivity index is 1.49. The summed E-state index contributed by atoms with van der Waals surface area (Å²) >= 11 is 1.66. The predicted molar refractivity (Wildman–Crippen MR) is 114 cm³/mol. The first-order valence-electron chi connectivity index (χ1n) is 10.0. The van der Waals surface area contributed by atoms with Gasteiger partial charge in [0.1, 0.15) is 0 Å². The van der Waals surface area contributed by atoms with Gasteiger partial charge in [-0.05, 0) is 32.0 Å². The Hall–Kier alpha value is -1.48. The second-order valence-electron chi connectivity index (χ2n) is 7.65. The number of aromatic nitrogens is 1. The minimum Gasteiger partial charge on any atom is -0.346 e. The fraction of sp³-hybridized carbons (Fsp3) is 0.550. The van der Waals surface area contributed by atoms with Crippen LogP contribution in [0.25, 0.3) is 11.3 Å². The van der Waals surface area contributed by atoms with Gasteiger partial charge in [-0.3, -0.25) is 0 Å². The molecule has 6 nitrogen and oxygen atoms in total. The van der Waals surface area contributed by atoms with E-state index in [-0.39, 0.29) is 0 Å². The van der Waals surface area contributed by atoms with E-state index >= 15 is 0 Å². The summed E-state index contributed by atoms with van der Waals surface area (Å²) in [6.45, 7) is 5.36. The molecule has 4 rings (SSSR count). The summed E-state index contributed by atoms with van der Waals surface area (Å²) in [5.41, 5.74) is 1.88. The lowest BCUT2D eigenvalue weighted by Crippen LogP contribution is -2.44. The first-order valence-corrected chi connectivity index (χ1v) is 12.4. The molecule has 0 aliphatic carbocycles. The molecule has 0 amide bonds. The first-order chi connectivity index (χ1) is 13.5. The molecule has 0 bridgehead atoms. The zero-order valence-corrected chi connectivity index (χ0v) is 18.0. The van der Waals surface area contributed by atoms with E-state index in [2.05, 4.69) is 22.2 Å². The van der Waals surface area contributed by atoms with Crippen molar-refractivity contribution < 1.29 is 8.42 Å². The molecule has 0 atom stereocenters. The molecule has 1 aromatic heterocycles. The minimum absolute atomic E-state index is 0.382. The van der Waals surface area contributed by atoms with E-state index in [1.54, 1.807) is 27.8 Å². The highest BCUT2D eigenvalue weighted by atomic mass is 32.2. The standard InChI is InChI=1S/C20H28N4O2S2/c1-22-12-14-23(15-13-22)20-21-19(16-27-20)17-6-8-18(9-7-17)28(25,26)24-10-4-2-3-5-11-24/h6-9,16H,2-5,10-15H2,1H3. The van der Waals surface area contributed by atoms with Crippen molar-refractivity contribution in [3.05, 3.63) is 29.6 Å². The smallest absolute Gasteiger partial charge is 0.243 e. The molecule has 8 heteroatoms. The molecule has 2 aliphatic heterocycles. The first kappa shape index (κ1) is 19.8. The van der Waals surface area contributed by atoms with E-state index in [9.17, 15) is 8.42 Å². The summed E-state index contributed by atoms with van der Waals surface area (Å²) in [5, 5.41) is 3.11. The Bertz CT molecular complexity index is 879. The summed E-state index contributed by atoms with van der Waals surface area (Å²) in [7, 11) is -1.25. The molecule has 2 fully saturated rings. The van der Waals surface area contributed by atoms with Crippen molar-refractivity contribution in [2.45, 2.75) is 30.6 Å². The summed E-state index contributed by atoms with van der Waals surface area (Å²) in [5.74, 6) is 0. The molecule has 0 saturated carbocycles. The number of benzene rings is 1. The van der Waals surface area contributed by atoms with Crippen molar-refractivity contribution in [3.8, 4) is 11.3 Å². The van der Waals surface area contributed by atoms with Gasteiger partial charge in [-0.25, -0.2) is 13.4 Å².